The van der Waals surface area contributed by atoms with E-state index in [1.54, 1.807) is 0 Å². The SMILES string of the molecule is C[C@H](N=C1NC(=O)[C@H](CC(=O)Nc2ccc(F)cc2)S1)c1ccccc1. The van der Waals surface area contributed by atoms with Gasteiger partial charge < -0.3 is 10.6 Å². The summed E-state index contributed by atoms with van der Waals surface area (Å²) in [6, 6.07) is 15.2. The summed E-state index contributed by atoms with van der Waals surface area (Å²) >= 11 is 1.25. The number of hydrogen-bond acceptors (Lipinski definition) is 4. The summed E-state index contributed by atoms with van der Waals surface area (Å²) in [5.74, 6) is -0.910. The third-order valence-electron chi connectivity index (χ3n) is 3.87. The van der Waals surface area contributed by atoms with Crippen LogP contribution >= 0.6 is 11.8 Å². The zero-order valence-electron chi connectivity index (χ0n) is 14.1. The number of thioether (sulfide) groups is 1. The predicted molar refractivity (Wildman–Crippen MR) is 101 cm³/mol. The van der Waals surface area contributed by atoms with Gasteiger partial charge in [0.05, 0.1) is 6.04 Å². The smallest absolute Gasteiger partial charge is 0.240 e. The fourth-order valence-electron chi connectivity index (χ4n) is 2.50. The van der Waals surface area contributed by atoms with E-state index in [0.29, 0.717) is 10.9 Å². The van der Waals surface area contributed by atoms with Crippen molar-refractivity contribution in [3.63, 3.8) is 0 Å². The van der Waals surface area contributed by atoms with Crippen molar-refractivity contribution < 1.29 is 14.0 Å². The molecule has 2 amide bonds. The Morgan fingerprint density at radius 3 is 2.62 bits per heavy atom. The fraction of sp³-hybridized carbons (Fsp3) is 0.211. The molecule has 0 saturated carbocycles. The lowest BCUT2D eigenvalue weighted by Crippen LogP contribution is -2.28. The van der Waals surface area contributed by atoms with E-state index < -0.39 is 5.25 Å². The van der Waals surface area contributed by atoms with E-state index in [1.165, 1.54) is 36.0 Å². The molecule has 2 aromatic carbocycles. The molecule has 1 heterocycles. The van der Waals surface area contributed by atoms with Crippen LogP contribution in [-0.2, 0) is 9.59 Å². The molecule has 0 radical (unpaired) electrons. The molecule has 1 fully saturated rings. The molecular weight excluding hydrogens is 353 g/mol. The Balaban J connectivity index is 1.58. The van der Waals surface area contributed by atoms with Crippen molar-refractivity contribution in [2.24, 2.45) is 4.99 Å². The van der Waals surface area contributed by atoms with Gasteiger partial charge in [0.1, 0.15) is 11.1 Å². The van der Waals surface area contributed by atoms with Gasteiger partial charge in [0.2, 0.25) is 11.8 Å². The second-order valence-corrected chi connectivity index (χ2v) is 7.07. The van der Waals surface area contributed by atoms with E-state index in [-0.39, 0.29) is 30.1 Å². The zero-order valence-corrected chi connectivity index (χ0v) is 14.9. The summed E-state index contributed by atoms with van der Waals surface area (Å²) in [6.07, 6.45) is 0.0205. The van der Waals surface area contributed by atoms with Crippen LogP contribution in [0.1, 0.15) is 24.9 Å². The number of carbonyl (C=O) groups excluding carboxylic acids is 2. The number of rotatable bonds is 5. The van der Waals surface area contributed by atoms with E-state index in [0.717, 1.165) is 5.56 Å². The highest BCUT2D eigenvalue weighted by molar-refractivity contribution is 8.15. The Kier molecular flexibility index (Phi) is 5.68. The van der Waals surface area contributed by atoms with E-state index in [2.05, 4.69) is 15.6 Å². The third kappa shape index (κ3) is 4.70. The second kappa shape index (κ2) is 8.14. The Labute approximate surface area is 155 Å². The van der Waals surface area contributed by atoms with Gasteiger partial charge in [-0.1, -0.05) is 42.1 Å². The maximum Gasteiger partial charge on any atom is 0.240 e. The molecule has 0 aromatic heterocycles. The number of amides is 2. The number of anilines is 1. The topological polar surface area (TPSA) is 70.6 Å². The molecule has 26 heavy (non-hydrogen) atoms. The number of aliphatic imine (C=N–C) groups is 1. The minimum atomic E-state index is -0.530. The summed E-state index contributed by atoms with van der Waals surface area (Å²) in [7, 11) is 0. The molecule has 134 valence electrons. The summed E-state index contributed by atoms with van der Waals surface area (Å²) in [5, 5.41) is 5.37. The normalized spacial score (nSPS) is 19.2. The van der Waals surface area contributed by atoms with Gasteiger partial charge in [-0.25, -0.2) is 4.39 Å². The quantitative estimate of drug-likeness (QED) is 0.845. The van der Waals surface area contributed by atoms with E-state index in [9.17, 15) is 14.0 Å². The molecule has 0 bridgehead atoms. The van der Waals surface area contributed by atoms with Crippen LogP contribution in [-0.4, -0.2) is 22.2 Å². The molecular formula is C19H18FN3O2S. The van der Waals surface area contributed by atoms with Crippen LogP contribution in [0.3, 0.4) is 0 Å². The summed E-state index contributed by atoms with van der Waals surface area (Å²) in [6.45, 7) is 1.95. The van der Waals surface area contributed by atoms with Crippen molar-refractivity contribution in [1.29, 1.82) is 0 Å². The highest BCUT2D eigenvalue weighted by Gasteiger charge is 2.32. The van der Waals surface area contributed by atoms with E-state index in [4.69, 9.17) is 0 Å². The van der Waals surface area contributed by atoms with Crippen LogP contribution < -0.4 is 10.6 Å². The largest absolute Gasteiger partial charge is 0.326 e. The van der Waals surface area contributed by atoms with Crippen LogP contribution in [0.5, 0.6) is 0 Å². The molecule has 0 aliphatic carbocycles. The second-order valence-electron chi connectivity index (χ2n) is 5.88. The molecule has 2 aromatic rings. The predicted octanol–water partition coefficient (Wildman–Crippen LogP) is 3.50. The minimum Gasteiger partial charge on any atom is -0.326 e. The van der Waals surface area contributed by atoms with Crippen molar-refractivity contribution >= 4 is 34.4 Å². The zero-order chi connectivity index (χ0) is 18.5. The van der Waals surface area contributed by atoms with Crippen LogP contribution in [0.15, 0.2) is 59.6 Å². The maximum absolute atomic E-state index is 12.9. The van der Waals surface area contributed by atoms with Crippen molar-refractivity contribution in [2.75, 3.05) is 5.32 Å². The lowest BCUT2D eigenvalue weighted by atomic mass is 10.1. The van der Waals surface area contributed by atoms with Gasteiger partial charge in [-0.2, -0.15) is 0 Å². The summed E-state index contributed by atoms with van der Waals surface area (Å²) < 4.78 is 12.9. The third-order valence-corrected chi connectivity index (χ3v) is 4.96. The number of benzene rings is 2. The molecule has 1 saturated heterocycles. The highest BCUT2D eigenvalue weighted by Crippen LogP contribution is 2.26. The number of amidine groups is 1. The number of hydrogen-bond donors (Lipinski definition) is 2. The monoisotopic (exact) mass is 371 g/mol. The molecule has 7 heteroatoms. The first-order valence-electron chi connectivity index (χ1n) is 8.17. The Bertz CT molecular complexity index is 824. The van der Waals surface area contributed by atoms with Crippen molar-refractivity contribution in [3.8, 4) is 0 Å². The van der Waals surface area contributed by atoms with Gasteiger partial charge in [0.25, 0.3) is 0 Å². The first-order chi connectivity index (χ1) is 12.5. The Morgan fingerprint density at radius 2 is 1.92 bits per heavy atom. The fourth-order valence-corrected chi connectivity index (χ4v) is 3.54. The van der Waals surface area contributed by atoms with Crippen LogP contribution in [0.4, 0.5) is 10.1 Å². The summed E-state index contributed by atoms with van der Waals surface area (Å²) in [4.78, 5) is 28.7. The number of carbonyl (C=O) groups is 2. The molecule has 3 rings (SSSR count). The van der Waals surface area contributed by atoms with Gasteiger partial charge in [0.15, 0.2) is 5.17 Å². The van der Waals surface area contributed by atoms with Gasteiger partial charge >= 0.3 is 0 Å². The lowest BCUT2D eigenvalue weighted by molar-refractivity contribution is -0.122. The molecule has 0 unspecified atom stereocenters. The number of nitrogens with one attached hydrogen (secondary N) is 2. The average Bonchev–Trinajstić information content (AvgIpc) is 2.96. The van der Waals surface area contributed by atoms with Gasteiger partial charge in [-0.05, 0) is 36.8 Å². The molecule has 1 aliphatic heterocycles. The van der Waals surface area contributed by atoms with Crippen LogP contribution in [0, 0.1) is 5.82 Å². The van der Waals surface area contributed by atoms with Crippen molar-refractivity contribution in [3.05, 3.63) is 66.0 Å². The molecule has 5 nitrogen and oxygen atoms in total. The molecule has 0 spiro atoms. The lowest BCUT2D eigenvalue weighted by Gasteiger charge is -2.08. The van der Waals surface area contributed by atoms with E-state index in [1.807, 2.05) is 37.3 Å². The van der Waals surface area contributed by atoms with Gasteiger partial charge in [0, 0.05) is 12.1 Å². The van der Waals surface area contributed by atoms with Crippen LogP contribution in [0.2, 0.25) is 0 Å². The summed E-state index contributed by atoms with van der Waals surface area (Å²) in [5.41, 5.74) is 1.54. The number of nitrogens with zero attached hydrogens (tertiary/aromatic N) is 1. The molecule has 2 atom stereocenters. The molecule has 1 aliphatic rings. The van der Waals surface area contributed by atoms with Gasteiger partial charge in [-0.15, -0.1) is 0 Å². The molecule has 2 N–H and O–H groups in total. The maximum atomic E-state index is 12.9. The Morgan fingerprint density at radius 1 is 1.23 bits per heavy atom. The van der Waals surface area contributed by atoms with Crippen LogP contribution in [0.25, 0.3) is 0 Å². The standard InChI is InChI=1S/C19H18FN3O2S/c1-12(13-5-3-2-4-6-13)21-19-23-18(25)16(26-19)11-17(24)22-15-9-7-14(20)8-10-15/h2-10,12,16H,11H2,1H3,(H,22,24)(H,21,23,25)/t12-,16-/m0/s1. The van der Waals surface area contributed by atoms with Crippen molar-refractivity contribution in [2.45, 2.75) is 24.6 Å². The van der Waals surface area contributed by atoms with Gasteiger partial charge in [-0.3, -0.25) is 14.6 Å². The Hall–Kier alpha value is -2.67. The minimum absolute atomic E-state index is 0.0205. The first-order valence-corrected chi connectivity index (χ1v) is 9.05. The average molecular weight is 371 g/mol. The first kappa shape index (κ1) is 18.1. The van der Waals surface area contributed by atoms with E-state index >= 15 is 0 Å². The highest BCUT2D eigenvalue weighted by atomic mass is 32.2. The van der Waals surface area contributed by atoms with Crippen molar-refractivity contribution in [1.82, 2.24) is 5.32 Å². The number of halogens is 1.